The second-order valence-electron chi connectivity index (χ2n) is 5.19. The molecule has 2 rings (SSSR count). The molecule has 1 N–H and O–H groups in total. The largest absolute Gasteiger partial charge is 0.339 e. The Hall–Kier alpha value is -2.25. The van der Waals surface area contributed by atoms with Gasteiger partial charge in [0.25, 0.3) is 5.91 Å². The standard InChI is InChI=1S/C17H21N3O3S/c1-3-20(4-2)17(21)15-8-5-9-16(11-15)24(22,23)19-13-14-7-6-10-18-12-14/h5-12,19H,3-4,13H2,1-2H3. The van der Waals surface area contributed by atoms with Crippen molar-refractivity contribution in [3.05, 3.63) is 59.9 Å². The van der Waals surface area contributed by atoms with Crippen LogP contribution in [0.2, 0.25) is 0 Å². The number of rotatable bonds is 7. The van der Waals surface area contributed by atoms with Crippen molar-refractivity contribution in [2.45, 2.75) is 25.3 Å². The Balaban J connectivity index is 2.19. The highest BCUT2D eigenvalue weighted by Gasteiger charge is 2.18. The minimum atomic E-state index is -3.70. The monoisotopic (exact) mass is 347 g/mol. The number of nitrogens with zero attached hydrogens (tertiary/aromatic N) is 2. The van der Waals surface area contributed by atoms with Crippen LogP contribution in [-0.2, 0) is 16.6 Å². The second-order valence-corrected chi connectivity index (χ2v) is 6.96. The Morgan fingerprint density at radius 3 is 2.54 bits per heavy atom. The van der Waals surface area contributed by atoms with Gasteiger partial charge in [-0.3, -0.25) is 9.78 Å². The van der Waals surface area contributed by atoms with Crippen LogP contribution in [0.5, 0.6) is 0 Å². The van der Waals surface area contributed by atoms with Gasteiger partial charge in [0.2, 0.25) is 10.0 Å². The van der Waals surface area contributed by atoms with Gasteiger partial charge in [0.1, 0.15) is 0 Å². The summed E-state index contributed by atoms with van der Waals surface area (Å²) in [5.41, 5.74) is 1.12. The smallest absolute Gasteiger partial charge is 0.253 e. The number of carbonyl (C=O) groups is 1. The summed E-state index contributed by atoms with van der Waals surface area (Å²) in [6.45, 7) is 5.07. The van der Waals surface area contributed by atoms with Crippen LogP contribution in [0.4, 0.5) is 0 Å². The van der Waals surface area contributed by atoms with Crippen LogP contribution in [-0.4, -0.2) is 37.3 Å². The van der Waals surface area contributed by atoms with Gasteiger partial charge in [-0.15, -0.1) is 0 Å². The summed E-state index contributed by atoms with van der Waals surface area (Å²) in [7, 11) is -3.70. The average molecular weight is 347 g/mol. The Morgan fingerprint density at radius 1 is 1.17 bits per heavy atom. The van der Waals surface area contributed by atoms with Gasteiger partial charge in [0.15, 0.2) is 0 Å². The van der Waals surface area contributed by atoms with Crippen LogP contribution in [0.3, 0.4) is 0 Å². The number of hydrogen-bond acceptors (Lipinski definition) is 4. The van der Waals surface area contributed by atoms with Gasteiger partial charge in [-0.25, -0.2) is 13.1 Å². The Labute approximate surface area is 142 Å². The van der Waals surface area contributed by atoms with E-state index in [9.17, 15) is 13.2 Å². The van der Waals surface area contributed by atoms with Crippen molar-refractivity contribution in [3.8, 4) is 0 Å². The van der Waals surface area contributed by atoms with Gasteiger partial charge >= 0.3 is 0 Å². The van der Waals surface area contributed by atoms with Gasteiger partial charge in [0.05, 0.1) is 4.90 Å². The number of hydrogen-bond donors (Lipinski definition) is 1. The fourth-order valence-corrected chi connectivity index (χ4v) is 3.32. The minimum absolute atomic E-state index is 0.0735. The molecule has 0 fully saturated rings. The third-order valence-electron chi connectivity index (χ3n) is 3.63. The number of nitrogens with one attached hydrogen (secondary N) is 1. The van der Waals surface area contributed by atoms with E-state index in [-0.39, 0.29) is 17.3 Å². The third kappa shape index (κ3) is 4.39. The van der Waals surface area contributed by atoms with Crippen LogP contribution in [0.15, 0.2) is 53.7 Å². The van der Waals surface area contributed by atoms with Crippen molar-refractivity contribution in [1.82, 2.24) is 14.6 Å². The number of benzene rings is 1. The fraction of sp³-hybridized carbons (Fsp3) is 0.294. The number of carbonyl (C=O) groups excluding carboxylic acids is 1. The van der Waals surface area contributed by atoms with Crippen molar-refractivity contribution in [3.63, 3.8) is 0 Å². The van der Waals surface area contributed by atoms with E-state index in [0.717, 1.165) is 5.56 Å². The Morgan fingerprint density at radius 2 is 1.92 bits per heavy atom. The first-order chi connectivity index (χ1) is 11.5. The molecule has 24 heavy (non-hydrogen) atoms. The van der Waals surface area contributed by atoms with Crippen LogP contribution < -0.4 is 4.72 Å². The molecule has 2 aromatic rings. The molecule has 0 aliphatic heterocycles. The molecule has 0 saturated carbocycles. The lowest BCUT2D eigenvalue weighted by Gasteiger charge is -2.19. The van der Waals surface area contributed by atoms with E-state index in [1.807, 2.05) is 13.8 Å². The molecule has 0 aliphatic rings. The number of sulfonamides is 1. The van der Waals surface area contributed by atoms with Crippen LogP contribution in [0.1, 0.15) is 29.8 Å². The van der Waals surface area contributed by atoms with Crippen LogP contribution in [0, 0.1) is 0 Å². The molecule has 0 atom stereocenters. The molecular weight excluding hydrogens is 326 g/mol. The highest BCUT2D eigenvalue weighted by Crippen LogP contribution is 2.14. The Kier molecular flexibility index (Phi) is 6.05. The lowest BCUT2D eigenvalue weighted by Crippen LogP contribution is -2.30. The molecule has 1 aromatic carbocycles. The SMILES string of the molecule is CCN(CC)C(=O)c1cccc(S(=O)(=O)NCc2cccnc2)c1. The van der Waals surface area contributed by atoms with E-state index >= 15 is 0 Å². The molecule has 0 spiro atoms. The van der Waals surface area contributed by atoms with Gasteiger partial charge in [-0.2, -0.15) is 0 Å². The van der Waals surface area contributed by atoms with E-state index in [0.29, 0.717) is 18.7 Å². The summed E-state index contributed by atoms with van der Waals surface area (Å²) in [4.78, 5) is 18.0. The predicted octanol–water partition coefficient (Wildman–Crippen LogP) is 2.04. The fourth-order valence-electron chi connectivity index (χ4n) is 2.25. The van der Waals surface area contributed by atoms with E-state index in [1.165, 1.54) is 12.1 Å². The topological polar surface area (TPSA) is 79.4 Å². The van der Waals surface area contributed by atoms with Gasteiger partial charge in [0, 0.05) is 37.6 Å². The Bertz CT molecular complexity index is 788. The molecule has 6 nitrogen and oxygen atoms in total. The van der Waals surface area contributed by atoms with Crippen molar-refractivity contribution < 1.29 is 13.2 Å². The van der Waals surface area contributed by atoms with E-state index in [2.05, 4.69) is 9.71 Å². The third-order valence-corrected chi connectivity index (χ3v) is 5.03. The normalized spacial score (nSPS) is 11.2. The molecule has 0 saturated heterocycles. The zero-order valence-electron chi connectivity index (χ0n) is 13.8. The molecular formula is C17H21N3O3S. The maximum absolute atomic E-state index is 12.4. The molecule has 0 aliphatic carbocycles. The minimum Gasteiger partial charge on any atom is -0.339 e. The van der Waals surface area contributed by atoms with Crippen molar-refractivity contribution in [1.29, 1.82) is 0 Å². The lowest BCUT2D eigenvalue weighted by atomic mass is 10.2. The van der Waals surface area contributed by atoms with Crippen LogP contribution in [0.25, 0.3) is 0 Å². The first-order valence-corrected chi connectivity index (χ1v) is 9.24. The zero-order valence-corrected chi connectivity index (χ0v) is 14.6. The van der Waals surface area contributed by atoms with Crippen molar-refractivity contribution in [2.75, 3.05) is 13.1 Å². The molecule has 0 radical (unpaired) electrons. The van der Waals surface area contributed by atoms with Gasteiger partial charge in [-0.1, -0.05) is 12.1 Å². The summed E-state index contributed by atoms with van der Waals surface area (Å²) in [6, 6.07) is 9.62. The zero-order chi connectivity index (χ0) is 17.6. The van der Waals surface area contributed by atoms with Crippen molar-refractivity contribution >= 4 is 15.9 Å². The number of amides is 1. The van der Waals surface area contributed by atoms with Crippen molar-refractivity contribution in [2.24, 2.45) is 0 Å². The van der Waals surface area contributed by atoms with Gasteiger partial charge in [-0.05, 0) is 43.7 Å². The number of pyridine rings is 1. The molecule has 7 heteroatoms. The van der Waals surface area contributed by atoms with E-state index in [4.69, 9.17) is 0 Å². The maximum atomic E-state index is 12.4. The number of aromatic nitrogens is 1. The second kappa shape index (κ2) is 8.03. The quantitative estimate of drug-likeness (QED) is 0.831. The molecule has 0 bridgehead atoms. The maximum Gasteiger partial charge on any atom is 0.253 e. The first-order valence-electron chi connectivity index (χ1n) is 7.75. The summed E-state index contributed by atoms with van der Waals surface area (Å²) in [6.07, 6.45) is 3.23. The van der Waals surface area contributed by atoms with E-state index < -0.39 is 10.0 Å². The molecule has 1 heterocycles. The summed E-state index contributed by atoms with van der Waals surface area (Å²) < 4.78 is 27.4. The van der Waals surface area contributed by atoms with Gasteiger partial charge < -0.3 is 4.90 Å². The highest BCUT2D eigenvalue weighted by molar-refractivity contribution is 7.89. The molecule has 1 amide bonds. The summed E-state index contributed by atoms with van der Waals surface area (Å²) >= 11 is 0. The predicted molar refractivity (Wildman–Crippen MR) is 92.0 cm³/mol. The summed E-state index contributed by atoms with van der Waals surface area (Å²) in [5.74, 6) is -0.177. The highest BCUT2D eigenvalue weighted by atomic mass is 32.2. The lowest BCUT2D eigenvalue weighted by molar-refractivity contribution is 0.0772. The summed E-state index contributed by atoms with van der Waals surface area (Å²) in [5, 5.41) is 0. The van der Waals surface area contributed by atoms with E-state index in [1.54, 1.807) is 41.6 Å². The molecule has 0 unspecified atom stereocenters. The molecule has 128 valence electrons. The van der Waals surface area contributed by atoms with Crippen LogP contribution >= 0.6 is 0 Å². The average Bonchev–Trinajstić information content (AvgIpc) is 2.62. The first kappa shape index (κ1) is 18.1. The molecule has 1 aromatic heterocycles.